The second kappa shape index (κ2) is 6.93. The van der Waals surface area contributed by atoms with Crippen LogP contribution in [0.3, 0.4) is 0 Å². The largest absolute Gasteiger partial charge is 0.484 e. The maximum Gasteiger partial charge on any atom is 0.308 e. The van der Waals surface area contributed by atoms with Crippen LogP contribution in [0, 0.1) is 19.8 Å². The Labute approximate surface area is 119 Å². The van der Waals surface area contributed by atoms with E-state index in [1.54, 1.807) is 14.0 Å². The SMILES string of the molecule is Cc1cc(C)cc(OCC(=O)N(C)CC(C)C(=O)O)c1. The molecule has 0 saturated heterocycles. The number of ether oxygens (including phenoxy) is 1. The molecule has 5 heteroatoms. The van der Waals surface area contributed by atoms with Gasteiger partial charge in [-0.2, -0.15) is 0 Å². The van der Waals surface area contributed by atoms with E-state index in [4.69, 9.17) is 9.84 Å². The number of carboxylic acids is 1. The third kappa shape index (κ3) is 4.91. The van der Waals surface area contributed by atoms with Crippen LogP contribution in [0.2, 0.25) is 0 Å². The number of hydrogen-bond donors (Lipinski definition) is 1. The lowest BCUT2D eigenvalue weighted by Gasteiger charge is -2.19. The lowest BCUT2D eigenvalue weighted by atomic mass is 10.1. The number of likely N-dealkylation sites (N-methyl/N-ethyl adjacent to an activating group) is 1. The Bertz CT molecular complexity index is 478. The second-order valence-electron chi connectivity index (χ2n) is 5.13. The number of hydrogen-bond acceptors (Lipinski definition) is 3. The average molecular weight is 279 g/mol. The van der Waals surface area contributed by atoms with Crippen molar-refractivity contribution in [3.63, 3.8) is 0 Å². The van der Waals surface area contributed by atoms with Crippen molar-refractivity contribution in [2.75, 3.05) is 20.2 Å². The summed E-state index contributed by atoms with van der Waals surface area (Å²) in [5.41, 5.74) is 2.14. The number of nitrogens with zero attached hydrogens (tertiary/aromatic N) is 1. The van der Waals surface area contributed by atoms with Crippen molar-refractivity contribution in [1.29, 1.82) is 0 Å². The summed E-state index contributed by atoms with van der Waals surface area (Å²) in [5.74, 6) is -1.10. The van der Waals surface area contributed by atoms with Gasteiger partial charge in [-0.15, -0.1) is 0 Å². The van der Waals surface area contributed by atoms with Crippen LogP contribution in [-0.4, -0.2) is 42.1 Å². The number of carbonyl (C=O) groups is 2. The molecule has 1 N–H and O–H groups in total. The molecule has 0 aliphatic rings. The number of aryl methyl sites for hydroxylation is 2. The predicted octanol–water partition coefficient (Wildman–Crippen LogP) is 1.86. The maximum absolute atomic E-state index is 11.9. The minimum absolute atomic E-state index is 0.0915. The molecule has 1 unspecified atom stereocenters. The first-order valence-electron chi connectivity index (χ1n) is 6.47. The van der Waals surface area contributed by atoms with Crippen molar-refractivity contribution in [3.8, 4) is 5.75 Å². The van der Waals surface area contributed by atoms with Gasteiger partial charge in [0, 0.05) is 13.6 Å². The fourth-order valence-electron chi connectivity index (χ4n) is 1.86. The first-order valence-corrected chi connectivity index (χ1v) is 6.47. The molecule has 0 fully saturated rings. The average Bonchev–Trinajstić information content (AvgIpc) is 2.34. The summed E-state index contributed by atoms with van der Waals surface area (Å²) >= 11 is 0. The molecule has 0 aliphatic heterocycles. The van der Waals surface area contributed by atoms with Crippen molar-refractivity contribution < 1.29 is 19.4 Å². The fraction of sp³-hybridized carbons (Fsp3) is 0.467. The van der Waals surface area contributed by atoms with Crippen molar-refractivity contribution >= 4 is 11.9 Å². The zero-order valence-corrected chi connectivity index (χ0v) is 12.3. The number of rotatable bonds is 6. The standard InChI is InChI=1S/C15H21NO4/c1-10-5-11(2)7-13(6-10)20-9-14(17)16(4)8-12(3)15(18)19/h5-7,12H,8-9H2,1-4H3,(H,18,19). The van der Waals surface area contributed by atoms with Gasteiger partial charge in [0.1, 0.15) is 5.75 Å². The number of aliphatic carboxylic acids is 1. The van der Waals surface area contributed by atoms with Crippen molar-refractivity contribution in [2.45, 2.75) is 20.8 Å². The molecule has 1 rings (SSSR count). The molecule has 1 aromatic carbocycles. The molecular weight excluding hydrogens is 258 g/mol. The molecule has 110 valence electrons. The summed E-state index contributed by atoms with van der Waals surface area (Å²) < 4.78 is 5.45. The summed E-state index contributed by atoms with van der Waals surface area (Å²) in [4.78, 5) is 24.0. The van der Waals surface area contributed by atoms with Gasteiger partial charge in [0.2, 0.25) is 0 Å². The van der Waals surface area contributed by atoms with Crippen LogP contribution in [0.25, 0.3) is 0 Å². The van der Waals surface area contributed by atoms with Gasteiger partial charge in [-0.3, -0.25) is 9.59 Å². The molecule has 1 amide bonds. The molecular formula is C15H21NO4. The summed E-state index contributed by atoms with van der Waals surface area (Å²) in [5, 5.41) is 8.81. The van der Waals surface area contributed by atoms with E-state index in [0.717, 1.165) is 11.1 Å². The van der Waals surface area contributed by atoms with Crippen LogP contribution in [0.5, 0.6) is 5.75 Å². The molecule has 0 radical (unpaired) electrons. The Morgan fingerprint density at radius 1 is 1.25 bits per heavy atom. The summed E-state index contributed by atoms with van der Waals surface area (Å²) in [6.45, 7) is 5.57. The molecule has 0 bridgehead atoms. The van der Waals surface area contributed by atoms with E-state index < -0.39 is 11.9 Å². The maximum atomic E-state index is 11.9. The second-order valence-corrected chi connectivity index (χ2v) is 5.13. The minimum Gasteiger partial charge on any atom is -0.484 e. The van der Waals surface area contributed by atoms with Crippen molar-refractivity contribution in [3.05, 3.63) is 29.3 Å². The van der Waals surface area contributed by atoms with Gasteiger partial charge in [-0.25, -0.2) is 0 Å². The van der Waals surface area contributed by atoms with E-state index >= 15 is 0 Å². The first-order chi connectivity index (χ1) is 9.29. The van der Waals surface area contributed by atoms with E-state index in [-0.39, 0.29) is 19.1 Å². The highest BCUT2D eigenvalue weighted by Gasteiger charge is 2.17. The Hall–Kier alpha value is -2.04. The van der Waals surface area contributed by atoms with E-state index in [2.05, 4.69) is 0 Å². The van der Waals surface area contributed by atoms with Gasteiger partial charge in [-0.1, -0.05) is 13.0 Å². The van der Waals surface area contributed by atoms with Gasteiger partial charge in [0.15, 0.2) is 6.61 Å². The van der Waals surface area contributed by atoms with Gasteiger partial charge >= 0.3 is 5.97 Å². The highest BCUT2D eigenvalue weighted by Crippen LogP contribution is 2.16. The van der Waals surface area contributed by atoms with Gasteiger partial charge < -0.3 is 14.7 Å². The van der Waals surface area contributed by atoms with Crippen LogP contribution in [-0.2, 0) is 9.59 Å². The Kier molecular flexibility index (Phi) is 5.55. The number of amides is 1. The van der Waals surface area contributed by atoms with Gasteiger partial charge in [0.25, 0.3) is 5.91 Å². The van der Waals surface area contributed by atoms with Crippen LogP contribution in [0.4, 0.5) is 0 Å². The summed E-state index contributed by atoms with van der Waals surface area (Å²) in [7, 11) is 1.58. The number of benzene rings is 1. The van der Waals surface area contributed by atoms with E-state index in [1.807, 2.05) is 32.0 Å². The van der Waals surface area contributed by atoms with E-state index in [0.29, 0.717) is 5.75 Å². The number of carboxylic acid groups (broad SMARTS) is 1. The monoisotopic (exact) mass is 279 g/mol. The predicted molar refractivity (Wildman–Crippen MR) is 75.8 cm³/mol. The quantitative estimate of drug-likeness (QED) is 0.863. The molecule has 1 atom stereocenters. The normalized spacial score (nSPS) is 11.8. The fourth-order valence-corrected chi connectivity index (χ4v) is 1.86. The number of carbonyl (C=O) groups excluding carboxylic acids is 1. The van der Waals surface area contributed by atoms with Crippen molar-refractivity contribution in [1.82, 2.24) is 4.90 Å². The van der Waals surface area contributed by atoms with Gasteiger partial charge in [0.05, 0.1) is 5.92 Å². The van der Waals surface area contributed by atoms with E-state index in [9.17, 15) is 9.59 Å². The minimum atomic E-state index is -0.917. The topological polar surface area (TPSA) is 66.8 Å². The Morgan fingerprint density at radius 3 is 2.30 bits per heavy atom. The van der Waals surface area contributed by atoms with E-state index in [1.165, 1.54) is 4.90 Å². The smallest absolute Gasteiger partial charge is 0.308 e. The lowest BCUT2D eigenvalue weighted by molar-refractivity contribution is -0.143. The lowest BCUT2D eigenvalue weighted by Crippen LogP contribution is -2.36. The highest BCUT2D eigenvalue weighted by atomic mass is 16.5. The van der Waals surface area contributed by atoms with Gasteiger partial charge in [-0.05, 0) is 37.1 Å². The third-order valence-electron chi connectivity index (χ3n) is 2.95. The molecule has 0 saturated carbocycles. The van der Waals surface area contributed by atoms with Crippen molar-refractivity contribution in [2.24, 2.45) is 5.92 Å². The Morgan fingerprint density at radius 2 is 1.80 bits per heavy atom. The Balaban J connectivity index is 2.52. The third-order valence-corrected chi connectivity index (χ3v) is 2.95. The molecule has 0 aromatic heterocycles. The van der Waals surface area contributed by atoms with Crippen LogP contribution in [0.15, 0.2) is 18.2 Å². The first kappa shape index (κ1) is 16.0. The molecule has 0 aliphatic carbocycles. The summed E-state index contributed by atoms with van der Waals surface area (Å²) in [6, 6.07) is 5.75. The van der Waals surface area contributed by atoms with Crippen LogP contribution >= 0.6 is 0 Å². The molecule has 1 aromatic rings. The summed E-state index contributed by atoms with van der Waals surface area (Å²) in [6.07, 6.45) is 0. The zero-order valence-electron chi connectivity index (χ0n) is 12.3. The zero-order chi connectivity index (χ0) is 15.3. The molecule has 0 spiro atoms. The van der Waals surface area contributed by atoms with Crippen LogP contribution < -0.4 is 4.74 Å². The highest BCUT2D eigenvalue weighted by molar-refractivity contribution is 5.78. The molecule has 5 nitrogen and oxygen atoms in total. The molecule has 20 heavy (non-hydrogen) atoms. The molecule has 0 heterocycles. The van der Waals surface area contributed by atoms with Crippen LogP contribution in [0.1, 0.15) is 18.1 Å².